The van der Waals surface area contributed by atoms with Crippen LogP contribution in [0.25, 0.3) is 0 Å². The summed E-state index contributed by atoms with van der Waals surface area (Å²) in [5.74, 6) is 1.09. The zero-order valence-corrected chi connectivity index (χ0v) is 12.6. The van der Waals surface area contributed by atoms with Crippen LogP contribution in [0.1, 0.15) is 37.7 Å². The van der Waals surface area contributed by atoms with Crippen molar-refractivity contribution in [3.63, 3.8) is 0 Å². The van der Waals surface area contributed by atoms with Gasteiger partial charge in [0.1, 0.15) is 11.7 Å². The van der Waals surface area contributed by atoms with Gasteiger partial charge in [-0.2, -0.15) is 0 Å². The Bertz CT molecular complexity index is 470. The van der Waals surface area contributed by atoms with E-state index in [0.29, 0.717) is 5.56 Å². The van der Waals surface area contributed by atoms with Crippen LogP contribution in [-0.4, -0.2) is 47.9 Å². The minimum atomic E-state index is 0.0813. The average Bonchev–Trinajstić information content (AvgIpc) is 2.56. The molecular formula is C16H25N5. The number of rotatable bonds is 3. The molecule has 3 N–H and O–H groups in total. The van der Waals surface area contributed by atoms with Crippen molar-refractivity contribution in [3.05, 3.63) is 23.9 Å². The number of nitrogens with zero attached hydrogens (tertiary/aromatic N) is 3. The van der Waals surface area contributed by atoms with E-state index in [-0.39, 0.29) is 5.84 Å². The van der Waals surface area contributed by atoms with Gasteiger partial charge in [0.15, 0.2) is 0 Å². The number of aromatic nitrogens is 1. The molecule has 114 valence electrons. The van der Waals surface area contributed by atoms with E-state index < -0.39 is 0 Å². The molecule has 0 amide bonds. The molecule has 21 heavy (non-hydrogen) atoms. The van der Waals surface area contributed by atoms with E-state index in [9.17, 15) is 0 Å². The molecule has 0 saturated carbocycles. The topological polar surface area (TPSA) is 69.2 Å². The molecule has 2 aliphatic rings. The third kappa shape index (κ3) is 3.35. The fourth-order valence-electron chi connectivity index (χ4n) is 3.48. The SMILES string of the molecule is N=C(N)c1ccc(N2CCC(N3CCCCC3)CC2)nc1. The third-order valence-corrected chi connectivity index (χ3v) is 4.75. The lowest BCUT2D eigenvalue weighted by Gasteiger charge is -2.40. The third-order valence-electron chi connectivity index (χ3n) is 4.75. The number of anilines is 1. The maximum atomic E-state index is 7.41. The van der Waals surface area contributed by atoms with Gasteiger partial charge >= 0.3 is 0 Å². The highest BCUT2D eigenvalue weighted by Gasteiger charge is 2.25. The van der Waals surface area contributed by atoms with Crippen molar-refractivity contribution < 1.29 is 0 Å². The Morgan fingerprint density at radius 3 is 2.38 bits per heavy atom. The van der Waals surface area contributed by atoms with E-state index in [0.717, 1.165) is 24.9 Å². The molecular weight excluding hydrogens is 262 g/mol. The monoisotopic (exact) mass is 287 g/mol. The first-order valence-corrected chi connectivity index (χ1v) is 8.03. The molecule has 2 fully saturated rings. The Morgan fingerprint density at radius 1 is 1.10 bits per heavy atom. The Labute approximate surface area is 126 Å². The summed E-state index contributed by atoms with van der Waals surface area (Å²) in [5, 5.41) is 7.41. The molecule has 1 aromatic rings. The highest BCUT2D eigenvalue weighted by Crippen LogP contribution is 2.23. The van der Waals surface area contributed by atoms with E-state index in [1.807, 2.05) is 12.1 Å². The zero-order valence-electron chi connectivity index (χ0n) is 12.6. The molecule has 3 heterocycles. The summed E-state index contributed by atoms with van der Waals surface area (Å²) < 4.78 is 0. The Kier molecular flexibility index (Phi) is 4.39. The zero-order chi connectivity index (χ0) is 14.7. The van der Waals surface area contributed by atoms with Gasteiger partial charge in [-0.15, -0.1) is 0 Å². The summed E-state index contributed by atoms with van der Waals surface area (Å²) in [5.41, 5.74) is 6.16. The van der Waals surface area contributed by atoms with Gasteiger partial charge in [-0.25, -0.2) is 4.98 Å². The van der Waals surface area contributed by atoms with Gasteiger partial charge in [0.2, 0.25) is 0 Å². The van der Waals surface area contributed by atoms with Crippen molar-refractivity contribution in [2.75, 3.05) is 31.1 Å². The molecule has 5 heteroatoms. The van der Waals surface area contributed by atoms with Gasteiger partial charge in [-0.3, -0.25) is 5.41 Å². The first-order chi connectivity index (χ1) is 10.2. The van der Waals surface area contributed by atoms with Gasteiger partial charge in [0.25, 0.3) is 0 Å². The number of amidine groups is 1. The highest BCUT2D eigenvalue weighted by molar-refractivity contribution is 5.94. The number of hydrogen-bond acceptors (Lipinski definition) is 4. The summed E-state index contributed by atoms with van der Waals surface area (Å²) in [7, 11) is 0. The average molecular weight is 287 g/mol. The number of nitrogens with two attached hydrogens (primary N) is 1. The molecule has 0 spiro atoms. The van der Waals surface area contributed by atoms with Crippen LogP contribution in [-0.2, 0) is 0 Å². The quantitative estimate of drug-likeness (QED) is 0.657. The van der Waals surface area contributed by atoms with Gasteiger partial charge in [0.05, 0.1) is 0 Å². The molecule has 2 saturated heterocycles. The van der Waals surface area contributed by atoms with Crippen LogP contribution in [0.2, 0.25) is 0 Å². The summed E-state index contributed by atoms with van der Waals surface area (Å²) in [6.45, 7) is 4.73. The number of piperidine rings is 2. The molecule has 1 aromatic heterocycles. The van der Waals surface area contributed by atoms with Crippen LogP contribution in [0.4, 0.5) is 5.82 Å². The van der Waals surface area contributed by atoms with Crippen molar-refractivity contribution in [2.24, 2.45) is 5.73 Å². The minimum Gasteiger partial charge on any atom is -0.384 e. The number of nitrogen functional groups attached to an aromatic ring is 1. The standard InChI is InChI=1S/C16H25N5/c17-16(18)13-4-5-15(19-12-13)21-10-6-14(7-11-21)20-8-2-1-3-9-20/h4-5,12,14H,1-3,6-11H2,(H3,17,18). The number of hydrogen-bond donors (Lipinski definition) is 2. The molecule has 0 bridgehead atoms. The maximum absolute atomic E-state index is 7.41. The predicted molar refractivity (Wildman–Crippen MR) is 85.9 cm³/mol. The number of nitrogens with one attached hydrogen (secondary N) is 1. The second-order valence-electron chi connectivity index (χ2n) is 6.13. The Balaban J connectivity index is 1.56. The van der Waals surface area contributed by atoms with Crippen molar-refractivity contribution in [1.82, 2.24) is 9.88 Å². The van der Waals surface area contributed by atoms with Gasteiger partial charge in [-0.05, 0) is 50.9 Å². The van der Waals surface area contributed by atoms with Crippen LogP contribution in [0.3, 0.4) is 0 Å². The lowest BCUT2D eigenvalue weighted by atomic mass is 10.00. The van der Waals surface area contributed by atoms with Crippen molar-refractivity contribution in [1.29, 1.82) is 5.41 Å². The van der Waals surface area contributed by atoms with Crippen molar-refractivity contribution in [3.8, 4) is 0 Å². The Morgan fingerprint density at radius 2 is 1.81 bits per heavy atom. The summed E-state index contributed by atoms with van der Waals surface area (Å²) in [4.78, 5) is 9.49. The molecule has 0 aliphatic carbocycles. The summed E-state index contributed by atoms with van der Waals surface area (Å²) in [6.07, 6.45) is 8.31. The first kappa shape index (κ1) is 14.3. The van der Waals surface area contributed by atoms with Gasteiger partial charge in [0, 0.05) is 30.9 Å². The van der Waals surface area contributed by atoms with Crippen LogP contribution in [0, 0.1) is 5.41 Å². The number of pyridine rings is 1. The fraction of sp³-hybridized carbons (Fsp3) is 0.625. The molecule has 3 rings (SSSR count). The van der Waals surface area contributed by atoms with Crippen LogP contribution >= 0.6 is 0 Å². The maximum Gasteiger partial charge on any atom is 0.128 e. The Hall–Kier alpha value is -1.62. The first-order valence-electron chi connectivity index (χ1n) is 8.03. The second kappa shape index (κ2) is 6.43. The fourth-order valence-corrected chi connectivity index (χ4v) is 3.48. The van der Waals surface area contributed by atoms with Crippen molar-refractivity contribution >= 4 is 11.7 Å². The molecule has 0 atom stereocenters. The van der Waals surface area contributed by atoms with E-state index in [1.54, 1.807) is 6.20 Å². The van der Waals surface area contributed by atoms with E-state index >= 15 is 0 Å². The van der Waals surface area contributed by atoms with Gasteiger partial charge < -0.3 is 15.5 Å². The predicted octanol–water partition coefficient (Wildman–Crippen LogP) is 1.82. The highest BCUT2D eigenvalue weighted by atomic mass is 15.2. The lowest BCUT2D eigenvalue weighted by Crippen LogP contribution is -2.46. The number of likely N-dealkylation sites (tertiary alicyclic amines) is 1. The minimum absolute atomic E-state index is 0.0813. The van der Waals surface area contributed by atoms with E-state index in [2.05, 4.69) is 14.8 Å². The molecule has 0 radical (unpaired) electrons. The van der Waals surface area contributed by atoms with Crippen molar-refractivity contribution in [2.45, 2.75) is 38.1 Å². The molecule has 5 nitrogen and oxygen atoms in total. The van der Waals surface area contributed by atoms with Crippen LogP contribution in [0.5, 0.6) is 0 Å². The largest absolute Gasteiger partial charge is 0.384 e. The lowest BCUT2D eigenvalue weighted by molar-refractivity contribution is 0.141. The summed E-state index contributed by atoms with van der Waals surface area (Å²) >= 11 is 0. The van der Waals surface area contributed by atoms with E-state index in [1.165, 1.54) is 45.2 Å². The van der Waals surface area contributed by atoms with E-state index in [4.69, 9.17) is 11.1 Å². The molecule has 2 aliphatic heterocycles. The van der Waals surface area contributed by atoms with Gasteiger partial charge in [-0.1, -0.05) is 6.42 Å². The normalized spacial score (nSPS) is 21.4. The van der Waals surface area contributed by atoms with Crippen LogP contribution in [0.15, 0.2) is 18.3 Å². The molecule has 0 aromatic carbocycles. The molecule has 0 unspecified atom stereocenters. The summed E-state index contributed by atoms with van der Waals surface area (Å²) in [6, 6.07) is 4.64. The smallest absolute Gasteiger partial charge is 0.128 e. The van der Waals surface area contributed by atoms with Crippen LogP contribution < -0.4 is 10.6 Å². The second-order valence-corrected chi connectivity index (χ2v) is 6.13.